The molecule has 0 N–H and O–H groups in total. The first-order valence-electron chi connectivity index (χ1n) is 12.1. The van der Waals surface area contributed by atoms with Crippen LogP contribution in [0.5, 0.6) is 11.5 Å². The van der Waals surface area contributed by atoms with Crippen LogP contribution >= 0.6 is 0 Å². The molecule has 2 aliphatic heterocycles. The van der Waals surface area contributed by atoms with Crippen molar-refractivity contribution >= 4 is 5.91 Å². The lowest BCUT2D eigenvalue weighted by Gasteiger charge is -2.41. The van der Waals surface area contributed by atoms with Gasteiger partial charge in [0.05, 0.1) is 24.8 Å². The Morgan fingerprint density at radius 1 is 0.939 bits per heavy atom. The van der Waals surface area contributed by atoms with Crippen molar-refractivity contribution in [2.75, 3.05) is 40.5 Å². The molecule has 2 aromatic rings. The molecule has 1 saturated heterocycles. The molecular formula is C27H36N2O4. The molecule has 1 fully saturated rings. The number of methoxy groups -OCH3 is 2. The number of rotatable bonds is 4. The van der Waals surface area contributed by atoms with Gasteiger partial charge >= 0.3 is 0 Å². The number of piperidine rings is 1. The molecule has 2 atom stereocenters. The summed E-state index contributed by atoms with van der Waals surface area (Å²) < 4.78 is 17.3. The quantitative estimate of drug-likeness (QED) is 0.689. The van der Waals surface area contributed by atoms with E-state index in [1.54, 1.807) is 14.2 Å². The van der Waals surface area contributed by atoms with Crippen LogP contribution in [-0.2, 0) is 11.3 Å². The fourth-order valence-electron chi connectivity index (χ4n) is 5.05. The number of para-hydroxylation sites is 1. The first kappa shape index (κ1) is 23.6. The van der Waals surface area contributed by atoms with Gasteiger partial charge in [-0.05, 0) is 62.1 Å². The second-order valence-electron chi connectivity index (χ2n) is 8.95. The molecule has 2 aliphatic rings. The van der Waals surface area contributed by atoms with Crippen molar-refractivity contribution in [3.63, 3.8) is 0 Å². The first-order chi connectivity index (χ1) is 16.2. The third-order valence-electron chi connectivity index (χ3n) is 6.85. The van der Waals surface area contributed by atoms with Gasteiger partial charge in [0.15, 0.2) is 0 Å². The van der Waals surface area contributed by atoms with Crippen LogP contribution in [0.1, 0.15) is 48.0 Å². The first-order valence-corrected chi connectivity index (χ1v) is 12.1. The smallest absolute Gasteiger partial charge is 0.257 e. The van der Waals surface area contributed by atoms with E-state index in [9.17, 15) is 4.79 Å². The summed E-state index contributed by atoms with van der Waals surface area (Å²) in [6, 6.07) is 16.0. The number of nitrogens with zero attached hydrogens (tertiary/aromatic N) is 2. The third-order valence-corrected chi connectivity index (χ3v) is 6.85. The van der Waals surface area contributed by atoms with E-state index < -0.39 is 0 Å². The standard InChI is InChI=1S/C27H36N2O4/c1-31-22-14-12-21(13-15-22)20-28-16-6-5-9-24-26(32-2)11-7-17-29(24)27(30)23-8-3-4-10-25(23)33-19-18-28/h3-4,8,10,12-15,24,26H,5-7,9,11,16-20H2,1-2H3/t24-,26-/m0/s1. The zero-order valence-corrected chi connectivity index (χ0v) is 19.9. The Morgan fingerprint density at radius 3 is 2.55 bits per heavy atom. The van der Waals surface area contributed by atoms with E-state index in [1.807, 2.05) is 41.3 Å². The molecule has 0 radical (unpaired) electrons. The Hall–Kier alpha value is -2.57. The highest BCUT2D eigenvalue weighted by Gasteiger charge is 2.35. The minimum atomic E-state index is 0.0617. The van der Waals surface area contributed by atoms with E-state index >= 15 is 0 Å². The highest BCUT2D eigenvalue weighted by Crippen LogP contribution is 2.29. The number of benzene rings is 2. The lowest BCUT2D eigenvalue weighted by Crippen LogP contribution is -2.51. The summed E-state index contributed by atoms with van der Waals surface area (Å²) in [4.78, 5) is 18.0. The number of ether oxygens (including phenoxy) is 3. The van der Waals surface area contributed by atoms with Gasteiger partial charge in [0.25, 0.3) is 5.91 Å². The van der Waals surface area contributed by atoms with E-state index in [0.29, 0.717) is 17.9 Å². The Balaban J connectivity index is 1.53. The molecule has 0 aromatic heterocycles. The maximum Gasteiger partial charge on any atom is 0.257 e. The normalized spacial score (nSPS) is 22.7. The molecule has 2 aromatic carbocycles. The summed E-state index contributed by atoms with van der Waals surface area (Å²) in [6.45, 7) is 3.99. The maximum atomic E-state index is 13.6. The molecular weight excluding hydrogens is 416 g/mol. The SMILES string of the molecule is COc1ccc(CN2CCCC[C@H]3[C@@H](OC)CCCN3C(=O)c3ccccc3OCC2)cc1. The van der Waals surface area contributed by atoms with Crippen LogP contribution in [0.2, 0.25) is 0 Å². The summed E-state index contributed by atoms with van der Waals surface area (Å²) in [5.74, 6) is 1.61. The second kappa shape index (κ2) is 11.5. The molecule has 1 amide bonds. The molecule has 178 valence electrons. The lowest BCUT2D eigenvalue weighted by molar-refractivity contribution is -0.0155. The highest BCUT2D eigenvalue weighted by molar-refractivity contribution is 5.97. The van der Waals surface area contributed by atoms with Gasteiger partial charge in [0, 0.05) is 26.7 Å². The van der Waals surface area contributed by atoms with Crippen LogP contribution in [-0.4, -0.2) is 68.3 Å². The van der Waals surface area contributed by atoms with Crippen molar-refractivity contribution in [2.45, 2.75) is 50.8 Å². The molecule has 0 bridgehead atoms. The van der Waals surface area contributed by atoms with Crippen molar-refractivity contribution in [1.82, 2.24) is 9.80 Å². The van der Waals surface area contributed by atoms with Gasteiger partial charge in [-0.3, -0.25) is 9.69 Å². The average Bonchev–Trinajstić information content (AvgIpc) is 2.87. The Morgan fingerprint density at radius 2 is 1.76 bits per heavy atom. The van der Waals surface area contributed by atoms with Crippen molar-refractivity contribution < 1.29 is 19.0 Å². The van der Waals surface area contributed by atoms with Gasteiger partial charge in [0.1, 0.15) is 18.1 Å². The van der Waals surface area contributed by atoms with Gasteiger partial charge in [-0.25, -0.2) is 0 Å². The predicted octanol–water partition coefficient (Wildman–Crippen LogP) is 4.38. The van der Waals surface area contributed by atoms with Gasteiger partial charge in [-0.2, -0.15) is 0 Å². The fourth-order valence-corrected chi connectivity index (χ4v) is 5.05. The van der Waals surface area contributed by atoms with Crippen molar-refractivity contribution in [2.24, 2.45) is 0 Å². The van der Waals surface area contributed by atoms with E-state index in [4.69, 9.17) is 14.2 Å². The Kier molecular flexibility index (Phi) is 8.24. The molecule has 0 aliphatic carbocycles. The number of fused-ring (bicyclic) bond motifs is 2. The van der Waals surface area contributed by atoms with Crippen molar-refractivity contribution in [1.29, 1.82) is 0 Å². The topological polar surface area (TPSA) is 51.2 Å². The summed E-state index contributed by atoms with van der Waals surface area (Å²) in [6.07, 6.45) is 5.18. The minimum Gasteiger partial charge on any atom is -0.497 e. The van der Waals surface area contributed by atoms with Crippen LogP contribution in [0.25, 0.3) is 0 Å². The molecule has 6 heteroatoms. The van der Waals surface area contributed by atoms with E-state index in [1.165, 1.54) is 5.56 Å². The summed E-state index contributed by atoms with van der Waals surface area (Å²) >= 11 is 0. The zero-order valence-electron chi connectivity index (χ0n) is 19.9. The lowest BCUT2D eigenvalue weighted by atomic mass is 9.93. The highest BCUT2D eigenvalue weighted by atomic mass is 16.5. The molecule has 0 saturated carbocycles. The molecule has 4 rings (SSSR count). The van der Waals surface area contributed by atoms with Crippen LogP contribution in [0.15, 0.2) is 48.5 Å². The van der Waals surface area contributed by atoms with Crippen LogP contribution in [0.4, 0.5) is 0 Å². The van der Waals surface area contributed by atoms with Gasteiger partial charge in [-0.15, -0.1) is 0 Å². The summed E-state index contributed by atoms with van der Waals surface area (Å²) in [7, 11) is 3.46. The van der Waals surface area contributed by atoms with Crippen molar-refractivity contribution in [3.05, 3.63) is 59.7 Å². The van der Waals surface area contributed by atoms with Gasteiger partial charge in [-0.1, -0.05) is 30.7 Å². The summed E-state index contributed by atoms with van der Waals surface area (Å²) in [5, 5.41) is 0. The van der Waals surface area contributed by atoms with Crippen LogP contribution in [0, 0.1) is 0 Å². The number of amides is 1. The van der Waals surface area contributed by atoms with Crippen LogP contribution < -0.4 is 9.47 Å². The number of hydrogen-bond acceptors (Lipinski definition) is 5. The van der Waals surface area contributed by atoms with Gasteiger partial charge in [0.2, 0.25) is 0 Å². The molecule has 0 unspecified atom stereocenters. The predicted molar refractivity (Wildman–Crippen MR) is 129 cm³/mol. The van der Waals surface area contributed by atoms with Crippen LogP contribution in [0.3, 0.4) is 0 Å². The minimum absolute atomic E-state index is 0.0617. The molecule has 2 heterocycles. The van der Waals surface area contributed by atoms with Crippen molar-refractivity contribution in [3.8, 4) is 11.5 Å². The number of carbonyl (C=O) groups excluding carboxylic acids is 1. The third kappa shape index (κ3) is 5.87. The second-order valence-corrected chi connectivity index (χ2v) is 8.95. The average molecular weight is 453 g/mol. The monoisotopic (exact) mass is 452 g/mol. The fraction of sp³-hybridized carbons (Fsp3) is 0.519. The largest absolute Gasteiger partial charge is 0.497 e. The van der Waals surface area contributed by atoms with E-state index in [2.05, 4.69) is 17.0 Å². The Bertz CT molecular complexity index is 901. The molecule has 0 spiro atoms. The summed E-state index contributed by atoms with van der Waals surface area (Å²) in [5.41, 5.74) is 1.91. The zero-order chi connectivity index (χ0) is 23.0. The van der Waals surface area contributed by atoms with E-state index in [0.717, 1.165) is 64.0 Å². The number of hydrogen-bond donors (Lipinski definition) is 0. The molecule has 33 heavy (non-hydrogen) atoms. The molecule has 6 nitrogen and oxygen atoms in total. The number of carbonyl (C=O) groups is 1. The van der Waals surface area contributed by atoms with Gasteiger partial charge < -0.3 is 19.1 Å². The van der Waals surface area contributed by atoms with E-state index in [-0.39, 0.29) is 18.1 Å². The maximum absolute atomic E-state index is 13.6. The Labute approximate surface area is 197 Å².